The average molecular weight is 435 g/mol. The zero-order chi connectivity index (χ0) is 21.6. The van der Waals surface area contributed by atoms with Crippen LogP contribution in [0.25, 0.3) is 6.08 Å². The highest BCUT2D eigenvalue weighted by atomic mass is 35.5. The maximum atomic E-state index is 12.5. The molecule has 4 rings (SSSR count). The summed E-state index contributed by atoms with van der Waals surface area (Å²) in [5, 5.41) is 3.84. The van der Waals surface area contributed by atoms with Gasteiger partial charge >= 0.3 is 0 Å². The summed E-state index contributed by atoms with van der Waals surface area (Å²) < 4.78 is 0. The summed E-state index contributed by atoms with van der Waals surface area (Å²) in [6.45, 7) is 4.66. The molecule has 1 amide bonds. The Morgan fingerprint density at radius 3 is 2.58 bits per heavy atom. The Bertz CT molecular complexity index is 1090. The molecule has 1 fully saturated rings. The minimum Gasteiger partial charge on any atom is -0.353 e. The second kappa shape index (κ2) is 9.57. The van der Waals surface area contributed by atoms with Gasteiger partial charge in [-0.15, -0.1) is 0 Å². The molecule has 0 bridgehead atoms. The molecule has 1 N–H and O–H groups in total. The summed E-state index contributed by atoms with van der Waals surface area (Å²) in [5.41, 5.74) is 1.96. The number of halogens is 1. The Morgan fingerprint density at radius 2 is 1.81 bits per heavy atom. The number of carbonyl (C=O) groups is 1. The van der Waals surface area contributed by atoms with E-state index in [0.717, 1.165) is 22.8 Å². The Morgan fingerprint density at radius 1 is 1.03 bits per heavy atom. The van der Waals surface area contributed by atoms with Crippen LogP contribution in [0.5, 0.6) is 0 Å². The number of aromatic nitrogens is 3. The Labute approximate surface area is 186 Å². The van der Waals surface area contributed by atoms with E-state index in [1.165, 1.54) is 6.33 Å². The van der Waals surface area contributed by atoms with E-state index in [1.54, 1.807) is 18.3 Å². The van der Waals surface area contributed by atoms with Crippen molar-refractivity contribution in [2.75, 3.05) is 36.4 Å². The van der Waals surface area contributed by atoms with Crippen LogP contribution >= 0.6 is 11.6 Å². The van der Waals surface area contributed by atoms with Crippen molar-refractivity contribution in [2.24, 2.45) is 0 Å². The second-order valence-corrected chi connectivity index (χ2v) is 7.68. The van der Waals surface area contributed by atoms with Crippen LogP contribution < -0.4 is 10.2 Å². The molecule has 1 aliphatic heterocycles. The van der Waals surface area contributed by atoms with E-state index < -0.39 is 0 Å². The van der Waals surface area contributed by atoms with Crippen LogP contribution in [-0.2, 0) is 4.79 Å². The molecule has 158 valence electrons. The van der Waals surface area contributed by atoms with E-state index in [1.807, 2.05) is 54.3 Å². The first-order valence-corrected chi connectivity index (χ1v) is 10.4. The largest absolute Gasteiger partial charge is 0.353 e. The van der Waals surface area contributed by atoms with Gasteiger partial charge in [0.15, 0.2) is 0 Å². The van der Waals surface area contributed by atoms with Crippen LogP contribution in [0.3, 0.4) is 0 Å². The van der Waals surface area contributed by atoms with Gasteiger partial charge in [0.05, 0.1) is 0 Å². The summed E-state index contributed by atoms with van der Waals surface area (Å²) in [6.07, 6.45) is 6.64. The minimum atomic E-state index is -0.0184. The number of piperazine rings is 1. The Balaban J connectivity index is 1.35. The molecule has 0 radical (unpaired) electrons. The van der Waals surface area contributed by atoms with E-state index in [9.17, 15) is 4.79 Å². The molecule has 0 saturated carbocycles. The molecule has 3 heterocycles. The standard InChI is InChI=1S/C23H23ClN6O/c1-17-8-9-25-20(14-17)28-21-15-22(27-16-26-21)29-10-12-30(13-11-29)23(31)7-6-18-4-2-3-5-19(18)24/h2-9,14-16H,10-13H2,1H3,(H,25,26,27,28)/b7-6+. The first kappa shape index (κ1) is 20.8. The molecule has 7 nitrogen and oxygen atoms in total. The van der Waals surface area contributed by atoms with Crippen molar-refractivity contribution >= 4 is 41.0 Å². The summed E-state index contributed by atoms with van der Waals surface area (Å²) in [7, 11) is 0. The number of benzene rings is 1. The van der Waals surface area contributed by atoms with Crippen molar-refractivity contribution < 1.29 is 4.79 Å². The van der Waals surface area contributed by atoms with Crippen LogP contribution in [0, 0.1) is 6.92 Å². The number of amides is 1. The predicted molar refractivity (Wildman–Crippen MR) is 124 cm³/mol. The quantitative estimate of drug-likeness (QED) is 0.613. The van der Waals surface area contributed by atoms with Gasteiger partial charge in [0.2, 0.25) is 5.91 Å². The molecule has 0 atom stereocenters. The number of aryl methyl sites for hydroxylation is 1. The van der Waals surface area contributed by atoms with Gasteiger partial charge in [-0.2, -0.15) is 0 Å². The van der Waals surface area contributed by atoms with Crippen molar-refractivity contribution in [1.29, 1.82) is 0 Å². The maximum Gasteiger partial charge on any atom is 0.246 e. The van der Waals surface area contributed by atoms with E-state index in [0.29, 0.717) is 37.0 Å². The van der Waals surface area contributed by atoms with Gasteiger partial charge in [0.1, 0.15) is 23.8 Å². The third kappa shape index (κ3) is 5.38. The van der Waals surface area contributed by atoms with Crippen LogP contribution in [-0.4, -0.2) is 51.9 Å². The fourth-order valence-corrected chi connectivity index (χ4v) is 3.56. The Hall–Kier alpha value is -3.45. The monoisotopic (exact) mass is 434 g/mol. The molecular weight excluding hydrogens is 412 g/mol. The zero-order valence-corrected chi connectivity index (χ0v) is 18.0. The molecule has 0 aliphatic carbocycles. The number of pyridine rings is 1. The molecule has 8 heteroatoms. The van der Waals surface area contributed by atoms with Crippen molar-refractivity contribution in [2.45, 2.75) is 6.92 Å². The highest BCUT2D eigenvalue weighted by Crippen LogP contribution is 2.20. The normalized spacial score (nSPS) is 14.1. The van der Waals surface area contributed by atoms with Gasteiger partial charge in [-0.3, -0.25) is 4.79 Å². The minimum absolute atomic E-state index is 0.0184. The lowest BCUT2D eigenvalue weighted by atomic mass is 10.2. The summed E-state index contributed by atoms with van der Waals surface area (Å²) in [6, 6.07) is 13.3. The lowest BCUT2D eigenvalue weighted by molar-refractivity contribution is -0.126. The molecule has 0 unspecified atom stereocenters. The van der Waals surface area contributed by atoms with Crippen molar-refractivity contribution in [3.63, 3.8) is 0 Å². The fourth-order valence-electron chi connectivity index (χ4n) is 3.36. The number of nitrogens with one attached hydrogen (secondary N) is 1. The lowest BCUT2D eigenvalue weighted by Gasteiger charge is -2.35. The summed E-state index contributed by atoms with van der Waals surface area (Å²) in [5.74, 6) is 2.23. The zero-order valence-electron chi connectivity index (χ0n) is 17.2. The smallest absolute Gasteiger partial charge is 0.246 e. The van der Waals surface area contributed by atoms with Gasteiger partial charge in [-0.05, 0) is 42.3 Å². The molecule has 0 spiro atoms. The van der Waals surface area contributed by atoms with E-state index >= 15 is 0 Å². The topological polar surface area (TPSA) is 74.2 Å². The number of rotatable bonds is 5. The van der Waals surface area contributed by atoms with Crippen LogP contribution in [0.2, 0.25) is 5.02 Å². The maximum absolute atomic E-state index is 12.5. The fraction of sp³-hybridized carbons (Fsp3) is 0.217. The van der Waals surface area contributed by atoms with Crippen LogP contribution in [0.15, 0.2) is 61.1 Å². The highest BCUT2D eigenvalue weighted by Gasteiger charge is 2.21. The van der Waals surface area contributed by atoms with Gasteiger partial charge < -0.3 is 15.1 Å². The average Bonchev–Trinajstić information content (AvgIpc) is 2.79. The number of hydrogen-bond donors (Lipinski definition) is 1. The first-order valence-electron chi connectivity index (χ1n) is 10.1. The molecule has 2 aromatic heterocycles. The lowest BCUT2D eigenvalue weighted by Crippen LogP contribution is -2.48. The van der Waals surface area contributed by atoms with Gasteiger partial charge in [0, 0.05) is 49.5 Å². The van der Waals surface area contributed by atoms with Crippen molar-refractivity contribution in [1.82, 2.24) is 19.9 Å². The first-order chi connectivity index (χ1) is 15.1. The SMILES string of the molecule is Cc1ccnc(Nc2cc(N3CCN(C(=O)/C=C/c4ccccc4Cl)CC3)ncn2)c1. The number of hydrogen-bond acceptors (Lipinski definition) is 6. The van der Waals surface area contributed by atoms with E-state index in [2.05, 4.69) is 25.2 Å². The Kier molecular flexibility index (Phi) is 6.43. The van der Waals surface area contributed by atoms with Gasteiger partial charge in [0.25, 0.3) is 0 Å². The van der Waals surface area contributed by atoms with Crippen molar-refractivity contribution in [3.8, 4) is 0 Å². The summed E-state index contributed by atoms with van der Waals surface area (Å²) in [4.78, 5) is 29.5. The van der Waals surface area contributed by atoms with Gasteiger partial charge in [-0.25, -0.2) is 15.0 Å². The molecular formula is C23H23ClN6O. The van der Waals surface area contributed by atoms with Gasteiger partial charge in [-0.1, -0.05) is 29.8 Å². The third-order valence-corrected chi connectivity index (χ3v) is 5.39. The molecule has 1 aromatic carbocycles. The van der Waals surface area contributed by atoms with E-state index in [4.69, 9.17) is 11.6 Å². The van der Waals surface area contributed by atoms with E-state index in [-0.39, 0.29) is 5.91 Å². The predicted octanol–water partition coefficient (Wildman–Crippen LogP) is 3.94. The second-order valence-electron chi connectivity index (χ2n) is 7.27. The number of nitrogens with zero attached hydrogens (tertiary/aromatic N) is 5. The summed E-state index contributed by atoms with van der Waals surface area (Å²) >= 11 is 6.15. The third-order valence-electron chi connectivity index (χ3n) is 5.05. The van der Waals surface area contributed by atoms with Crippen LogP contribution in [0.4, 0.5) is 17.5 Å². The molecule has 31 heavy (non-hydrogen) atoms. The highest BCUT2D eigenvalue weighted by molar-refractivity contribution is 6.32. The number of anilines is 3. The molecule has 1 aliphatic rings. The molecule has 1 saturated heterocycles. The van der Waals surface area contributed by atoms with Crippen molar-refractivity contribution in [3.05, 3.63) is 77.2 Å². The molecule has 3 aromatic rings. The van der Waals surface area contributed by atoms with Crippen LogP contribution in [0.1, 0.15) is 11.1 Å². The number of carbonyl (C=O) groups excluding carboxylic acids is 1.